The molecule has 2 aromatic rings. The number of hydrogen-bond acceptors (Lipinski definition) is 6. The molecule has 6 nitrogen and oxygen atoms in total. The zero-order valence-electron chi connectivity index (χ0n) is 9.96. The molecule has 18 heavy (non-hydrogen) atoms. The van der Waals surface area contributed by atoms with E-state index < -0.39 is 0 Å². The second kappa shape index (κ2) is 5.05. The van der Waals surface area contributed by atoms with Gasteiger partial charge in [0, 0.05) is 25.8 Å². The van der Waals surface area contributed by atoms with Crippen LogP contribution < -0.4 is 15.4 Å². The topological polar surface area (TPSA) is 77.2 Å². The first-order valence-corrected chi connectivity index (χ1v) is 5.54. The van der Waals surface area contributed by atoms with Gasteiger partial charge >= 0.3 is 6.01 Å². The first kappa shape index (κ1) is 12.4. The van der Waals surface area contributed by atoms with Gasteiger partial charge in [0.15, 0.2) is 0 Å². The Labute approximate surface area is 109 Å². The van der Waals surface area contributed by atoms with Crippen LogP contribution in [0, 0.1) is 0 Å². The summed E-state index contributed by atoms with van der Waals surface area (Å²) in [7, 11) is 3.88. The predicted octanol–water partition coefficient (Wildman–Crippen LogP) is 1.97. The van der Waals surface area contributed by atoms with Gasteiger partial charge in [-0.15, -0.1) is 0 Å². The number of halogens is 1. The fourth-order valence-electron chi connectivity index (χ4n) is 1.32. The van der Waals surface area contributed by atoms with Crippen LogP contribution in [0.3, 0.4) is 0 Å². The van der Waals surface area contributed by atoms with Crippen LogP contribution in [0.2, 0.25) is 5.28 Å². The zero-order chi connectivity index (χ0) is 13.1. The summed E-state index contributed by atoms with van der Waals surface area (Å²) in [6.45, 7) is 0. The molecule has 0 aliphatic carbocycles. The van der Waals surface area contributed by atoms with Crippen molar-refractivity contribution in [3.05, 3.63) is 29.5 Å². The maximum Gasteiger partial charge on any atom is 0.328 e. The van der Waals surface area contributed by atoms with Crippen LogP contribution in [0.25, 0.3) is 0 Å². The molecule has 7 heteroatoms. The number of nitrogen functional groups attached to an aromatic ring is 1. The maximum atomic E-state index is 5.67. The van der Waals surface area contributed by atoms with Crippen molar-refractivity contribution in [3.63, 3.8) is 0 Å². The molecule has 2 N–H and O–H groups in total. The fraction of sp³-hybridized carbons (Fsp3) is 0.182. The summed E-state index contributed by atoms with van der Waals surface area (Å²) in [4.78, 5) is 13.3. The Morgan fingerprint density at radius 2 is 2.00 bits per heavy atom. The van der Waals surface area contributed by atoms with Crippen LogP contribution >= 0.6 is 11.6 Å². The summed E-state index contributed by atoms with van der Waals surface area (Å²) in [5.41, 5.74) is 6.46. The standard InChI is InChI=1S/C11H12ClN5O/c1-17(2)7-4-3-5-8(6-7)18-11-15-9(12)14-10(13)16-11/h3-6H,1-2H3,(H2,13,14,15,16). The van der Waals surface area contributed by atoms with Crippen molar-refractivity contribution >= 4 is 23.2 Å². The van der Waals surface area contributed by atoms with Crippen molar-refractivity contribution in [2.75, 3.05) is 24.7 Å². The molecule has 0 saturated heterocycles. The van der Waals surface area contributed by atoms with Gasteiger partial charge in [0.25, 0.3) is 0 Å². The van der Waals surface area contributed by atoms with Crippen LogP contribution in [0.15, 0.2) is 24.3 Å². The van der Waals surface area contributed by atoms with E-state index in [1.807, 2.05) is 37.2 Å². The summed E-state index contributed by atoms with van der Waals surface area (Å²) >= 11 is 5.67. The normalized spacial score (nSPS) is 10.2. The van der Waals surface area contributed by atoms with E-state index in [0.29, 0.717) is 5.75 Å². The van der Waals surface area contributed by atoms with Gasteiger partial charge in [0.1, 0.15) is 5.75 Å². The summed E-state index contributed by atoms with van der Waals surface area (Å²) in [5.74, 6) is 0.622. The molecule has 0 aliphatic rings. The van der Waals surface area contributed by atoms with E-state index in [2.05, 4.69) is 15.0 Å². The number of hydrogen-bond donors (Lipinski definition) is 1. The van der Waals surface area contributed by atoms with Gasteiger partial charge in [-0.25, -0.2) is 0 Å². The first-order chi connectivity index (χ1) is 8.54. The van der Waals surface area contributed by atoms with Crippen molar-refractivity contribution < 1.29 is 4.74 Å². The Bertz CT molecular complexity index is 541. The number of aromatic nitrogens is 3. The Kier molecular flexibility index (Phi) is 3.47. The highest BCUT2D eigenvalue weighted by atomic mass is 35.5. The van der Waals surface area contributed by atoms with Gasteiger partial charge in [-0.3, -0.25) is 0 Å². The van der Waals surface area contributed by atoms with Gasteiger partial charge in [-0.2, -0.15) is 15.0 Å². The van der Waals surface area contributed by atoms with Crippen LogP contribution in [-0.4, -0.2) is 29.0 Å². The molecule has 0 atom stereocenters. The van der Waals surface area contributed by atoms with E-state index in [9.17, 15) is 0 Å². The second-order valence-corrected chi connectivity index (χ2v) is 4.08. The minimum Gasteiger partial charge on any atom is -0.424 e. The molecule has 94 valence electrons. The SMILES string of the molecule is CN(C)c1cccc(Oc2nc(N)nc(Cl)n2)c1. The Balaban J connectivity index is 2.25. The van der Waals surface area contributed by atoms with Crippen LogP contribution in [0.5, 0.6) is 11.8 Å². The average molecular weight is 266 g/mol. The zero-order valence-corrected chi connectivity index (χ0v) is 10.7. The Morgan fingerprint density at radius 3 is 2.67 bits per heavy atom. The molecule has 0 bridgehead atoms. The third kappa shape index (κ3) is 2.98. The first-order valence-electron chi connectivity index (χ1n) is 5.17. The monoisotopic (exact) mass is 265 g/mol. The fourth-order valence-corrected chi connectivity index (χ4v) is 1.48. The highest BCUT2D eigenvalue weighted by Crippen LogP contribution is 2.23. The number of ether oxygens (including phenoxy) is 1. The van der Waals surface area contributed by atoms with E-state index in [0.717, 1.165) is 5.69 Å². The van der Waals surface area contributed by atoms with E-state index >= 15 is 0 Å². The molecule has 0 fully saturated rings. The highest BCUT2D eigenvalue weighted by molar-refractivity contribution is 6.28. The predicted molar refractivity (Wildman–Crippen MR) is 70.1 cm³/mol. The van der Waals surface area contributed by atoms with Crippen molar-refractivity contribution in [2.24, 2.45) is 0 Å². The smallest absolute Gasteiger partial charge is 0.328 e. The average Bonchev–Trinajstić information content (AvgIpc) is 2.27. The number of rotatable bonds is 3. The lowest BCUT2D eigenvalue weighted by molar-refractivity contribution is 0.441. The third-order valence-electron chi connectivity index (χ3n) is 2.15. The molecule has 0 saturated carbocycles. The molecule has 0 aliphatic heterocycles. The maximum absolute atomic E-state index is 5.67. The lowest BCUT2D eigenvalue weighted by atomic mass is 10.3. The minimum atomic E-state index is 0.00117. The second-order valence-electron chi connectivity index (χ2n) is 3.74. The van der Waals surface area contributed by atoms with Crippen molar-refractivity contribution in [3.8, 4) is 11.8 Å². The summed E-state index contributed by atoms with van der Waals surface area (Å²) in [6.07, 6.45) is 0. The van der Waals surface area contributed by atoms with Crippen molar-refractivity contribution in [2.45, 2.75) is 0 Å². The third-order valence-corrected chi connectivity index (χ3v) is 2.32. The van der Waals surface area contributed by atoms with Gasteiger partial charge in [0.2, 0.25) is 11.2 Å². The van der Waals surface area contributed by atoms with Crippen LogP contribution in [-0.2, 0) is 0 Å². The molecule has 2 rings (SSSR count). The number of nitrogens with two attached hydrogens (primary N) is 1. The molecule has 1 aromatic heterocycles. The van der Waals surface area contributed by atoms with Crippen molar-refractivity contribution in [1.82, 2.24) is 15.0 Å². The minimum absolute atomic E-state index is 0.00117. The lowest BCUT2D eigenvalue weighted by Gasteiger charge is -2.13. The van der Waals surface area contributed by atoms with Gasteiger partial charge in [0.05, 0.1) is 0 Å². The summed E-state index contributed by atoms with van der Waals surface area (Å²) in [6, 6.07) is 7.55. The van der Waals surface area contributed by atoms with Crippen molar-refractivity contribution in [1.29, 1.82) is 0 Å². The van der Waals surface area contributed by atoms with E-state index in [-0.39, 0.29) is 17.2 Å². The van der Waals surface area contributed by atoms with E-state index in [1.54, 1.807) is 6.07 Å². The van der Waals surface area contributed by atoms with Crippen LogP contribution in [0.1, 0.15) is 0 Å². The quantitative estimate of drug-likeness (QED) is 0.914. The lowest BCUT2D eigenvalue weighted by Crippen LogP contribution is -2.08. The van der Waals surface area contributed by atoms with Gasteiger partial charge in [-0.1, -0.05) is 6.07 Å². The number of anilines is 2. The molecule has 0 unspecified atom stereocenters. The molecular weight excluding hydrogens is 254 g/mol. The molecule has 0 spiro atoms. The highest BCUT2D eigenvalue weighted by Gasteiger charge is 2.06. The van der Waals surface area contributed by atoms with E-state index in [4.69, 9.17) is 22.1 Å². The Morgan fingerprint density at radius 1 is 1.22 bits per heavy atom. The Hall–Kier alpha value is -2.08. The molecule has 0 radical (unpaired) electrons. The summed E-state index contributed by atoms with van der Waals surface area (Å²) < 4.78 is 5.48. The molecule has 1 aromatic carbocycles. The molecule has 0 amide bonds. The molecule has 1 heterocycles. The van der Waals surface area contributed by atoms with E-state index in [1.165, 1.54) is 0 Å². The number of nitrogens with zero attached hydrogens (tertiary/aromatic N) is 4. The van der Waals surface area contributed by atoms with Crippen LogP contribution in [0.4, 0.5) is 11.6 Å². The van der Waals surface area contributed by atoms with Gasteiger partial charge in [-0.05, 0) is 23.7 Å². The molecular formula is C11H12ClN5O. The largest absolute Gasteiger partial charge is 0.424 e. The number of benzene rings is 1. The van der Waals surface area contributed by atoms with Gasteiger partial charge < -0.3 is 15.4 Å². The summed E-state index contributed by atoms with van der Waals surface area (Å²) in [5, 5.41) is 0.00117.